The quantitative estimate of drug-likeness (QED) is 0.170. The van der Waals surface area contributed by atoms with Crippen molar-refractivity contribution < 1.29 is 19.0 Å². The summed E-state index contributed by atoms with van der Waals surface area (Å²) in [6, 6.07) is 17.6. The Kier molecular flexibility index (Phi) is 12.4. The number of carbonyl (C=O) groups excluding carboxylic acids is 1. The molecule has 1 fully saturated rings. The highest BCUT2D eigenvalue weighted by Crippen LogP contribution is 2.21. The van der Waals surface area contributed by atoms with Crippen molar-refractivity contribution in [1.82, 2.24) is 20.3 Å². The molecule has 1 amide bonds. The lowest BCUT2D eigenvalue weighted by Gasteiger charge is -2.15. The Bertz CT molecular complexity index is 1180. The molecular weight excluding hydrogens is 522 g/mol. The minimum absolute atomic E-state index is 0.105. The Labute approximate surface area is 241 Å². The monoisotopic (exact) mass is 563 g/mol. The van der Waals surface area contributed by atoms with Crippen LogP contribution in [-0.2, 0) is 15.9 Å². The summed E-state index contributed by atoms with van der Waals surface area (Å²) in [5.74, 6) is 2.35. The van der Waals surface area contributed by atoms with Crippen molar-refractivity contribution in [3.05, 3.63) is 65.7 Å². The lowest BCUT2D eigenvalue weighted by Crippen LogP contribution is -2.27. The smallest absolute Gasteiger partial charge is 0.251 e. The third-order valence-electron chi connectivity index (χ3n) is 6.65. The average Bonchev–Trinajstić information content (AvgIpc) is 3.52. The summed E-state index contributed by atoms with van der Waals surface area (Å²) in [6.07, 6.45) is 5.54. The predicted molar refractivity (Wildman–Crippen MR) is 160 cm³/mol. The zero-order valence-corrected chi connectivity index (χ0v) is 23.7. The number of aromatic nitrogens is 3. The molecule has 0 atom stereocenters. The van der Waals surface area contributed by atoms with Gasteiger partial charge in [-0.1, -0.05) is 43.2 Å². The van der Waals surface area contributed by atoms with Crippen LogP contribution in [0.15, 0.2) is 54.6 Å². The molecular formula is C30H41N7O4. The molecule has 0 aliphatic heterocycles. The standard InChI is InChI=1S/C30H41N7O4/c1-39-26-13-11-23(12-14-26)15-16-32-28-35-29(37-30(36-28)34-25-9-5-6-10-25)33-18-20-41-22-21-40-19-17-31-27(38)24-7-3-2-4-8-24/h2-4,7-8,11-14,25H,5-6,9-10,15-22H2,1H3,(H,31,38)(H3,32,33,34,35,36,37). The number of amides is 1. The molecule has 2 aromatic carbocycles. The maximum atomic E-state index is 12.0. The van der Waals surface area contributed by atoms with Gasteiger partial charge >= 0.3 is 0 Å². The number of benzene rings is 2. The summed E-state index contributed by atoms with van der Waals surface area (Å²) in [6.45, 7) is 3.50. The van der Waals surface area contributed by atoms with Crippen LogP contribution in [-0.4, -0.2) is 80.1 Å². The van der Waals surface area contributed by atoms with Gasteiger partial charge in [-0.15, -0.1) is 0 Å². The SMILES string of the molecule is COc1ccc(CCNc2nc(NCCOCCOCCNC(=O)c3ccccc3)nc(NC3CCCC3)n2)cc1. The van der Waals surface area contributed by atoms with E-state index >= 15 is 0 Å². The molecule has 1 heterocycles. The number of hydrogen-bond acceptors (Lipinski definition) is 10. The van der Waals surface area contributed by atoms with Crippen LogP contribution in [0.4, 0.5) is 17.8 Å². The molecule has 4 rings (SSSR count). The molecule has 4 N–H and O–H groups in total. The van der Waals surface area contributed by atoms with Gasteiger partial charge in [0.2, 0.25) is 17.8 Å². The second-order valence-corrected chi connectivity index (χ2v) is 9.73. The first-order valence-corrected chi connectivity index (χ1v) is 14.3. The lowest BCUT2D eigenvalue weighted by atomic mass is 10.1. The number of anilines is 3. The maximum Gasteiger partial charge on any atom is 0.251 e. The third-order valence-corrected chi connectivity index (χ3v) is 6.65. The molecule has 0 spiro atoms. The highest BCUT2D eigenvalue weighted by Gasteiger charge is 2.17. The van der Waals surface area contributed by atoms with Crippen molar-refractivity contribution in [2.45, 2.75) is 38.1 Å². The van der Waals surface area contributed by atoms with Crippen molar-refractivity contribution >= 4 is 23.8 Å². The van der Waals surface area contributed by atoms with Crippen molar-refractivity contribution in [2.24, 2.45) is 0 Å². The summed E-state index contributed by atoms with van der Waals surface area (Å²) >= 11 is 0. The van der Waals surface area contributed by atoms with Gasteiger partial charge in [-0.05, 0) is 49.1 Å². The van der Waals surface area contributed by atoms with Gasteiger partial charge in [0.05, 0.1) is 33.5 Å². The van der Waals surface area contributed by atoms with E-state index in [-0.39, 0.29) is 5.91 Å². The lowest BCUT2D eigenvalue weighted by molar-refractivity contribution is 0.0519. The number of hydrogen-bond donors (Lipinski definition) is 4. The molecule has 1 saturated carbocycles. The van der Waals surface area contributed by atoms with Crippen molar-refractivity contribution in [1.29, 1.82) is 0 Å². The van der Waals surface area contributed by atoms with Gasteiger partial charge in [0.1, 0.15) is 5.75 Å². The van der Waals surface area contributed by atoms with E-state index in [1.165, 1.54) is 18.4 Å². The van der Waals surface area contributed by atoms with Gasteiger partial charge in [-0.25, -0.2) is 0 Å². The fourth-order valence-electron chi connectivity index (χ4n) is 4.45. The van der Waals surface area contributed by atoms with Crippen molar-refractivity contribution in [2.75, 3.05) is 69.1 Å². The first-order chi connectivity index (χ1) is 20.2. The van der Waals surface area contributed by atoms with Gasteiger partial charge < -0.3 is 35.5 Å². The number of nitrogens with one attached hydrogen (secondary N) is 4. The van der Waals surface area contributed by atoms with Crippen LogP contribution in [0, 0.1) is 0 Å². The molecule has 11 heteroatoms. The van der Waals surface area contributed by atoms with Gasteiger partial charge in [0.15, 0.2) is 0 Å². The van der Waals surface area contributed by atoms with E-state index in [2.05, 4.69) is 48.4 Å². The van der Waals surface area contributed by atoms with Crippen LogP contribution < -0.4 is 26.0 Å². The van der Waals surface area contributed by atoms with Crippen LogP contribution in [0.5, 0.6) is 5.75 Å². The normalized spacial score (nSPS) is 13.1. The molecule has 1 aliphatic rings. The summed E-state index contributed by atoms with van der Waals surface area (Å²) in [4.78, 5) is 25.7. The molecule has 0 radical (unpaired) electrons. The number of nitrogens with zero attached hydrogens (tertiary/aromatic N) is 3. The zero-order valence-electron chi connectivity index (χ0n) is 23.7. The molecule has 41 heavy (non-hydrogen) atoms. The van der Waals surface area contributed by atoms with Gasteiger partial charge in [-0.2, -0.15) is 15.0 Å². The summed E-state index contributed by atoms with van der Waals surface area (Å²) < 4.78 is 16.4. The van der Waals surface area contributed by atoms with Gasteiger partial charge in [-0.3, -0.25) is 4.79 Å². The van der Waals surface area contributed by atoms with Crippen LogP contribution in [0.3, 0.4) is 0 Å². The molecule has 220 valence electrons. The van der Waals surface area contributed by atoms with Crippen LogP contribution in [0.1, 0.15) is 41.6 Å². The number of carbonyl (C=O) groups is 1. The number of rotatable bonds is 18. The summed E-state index contributed by atoms with van der Waals surface area (Å²) in [5.41, 5.74) is 1.84. The Morgan fingerprint density at radius 1 is 0.780 bits per heavy atom. The minimum atomic E-state index is -0.105. The molecule has 3 aromatic rings. The Morgan fingerprint density at radius 2 is 1.41 bits per heavy atom. The van der Waals surface area contributed by atoms with E-state index in [4.69, 9.17) is 14.2 Å². The Morgan fingerprint density at radius 3 is 2.10 bits per heavy atom. The highest BCUT2D eigenvalue weighted by molar-refractivity contribution is 5.94. The van der Waals surface area contributed by atoms with Gasteiger partial charge in [0.25, 0.3) is 5.91 Å². The molecule has 0 unspecified atom stereocenters. The maximum absolute atomic E-state index is 12.0. The highest BCUT2D eigenvalue weighted by atomic mass is 16.5. The second-order valence-electron chi connectivity index (χ2n) is 9.73. The predicted octanol–water partition coefficient (Wildman–Crippen LogP) is 3.76. The van der Waals surface area contributed by atoms with E-state index in [9.17, 15) is 4.79 Å². The van der Waals surface area contributed by atoms with E-state index < -0.39 is 0 Å². The Balaban J connectivity index is 1.14. The van der Waals surface area contributed by atoms with Crippen molar-refractivity contribution in [3.63, 3.8) is 0 Å². The first kappa shape index (κ1) is 30.0. The van der Waals surface area contributed by atoms with Crippen LogP contribution in [0.2, 0.25) is 0 Å². The molecule has 1 aliphatic carbocycles. The zero-order chi connectivity index (χ0) is 28.5. The summed E-state index contributed by atoms with van der Waals surface area (Å²) in [7, 11) is 1.67. The minimum Gasteiger partial charge on any atom is -0.497 e. The summed E-state index contributed by atoms with van der Waals surface area (Å²) in [5, 5.41) is 12.9. The number of ether oxygens (including phenoxy) is 3. The van der Waals surface area contributed by atoms with E-state index in [0.717, 1.165) is 25.0 Å². The first-order valence-electron chi connectivity index (χ1n) is 14.3. The Hall–Kier alpha value is -3.96. The van der Waals surface area contributed by atoms with Crippen LogP contribution >= 0.6 is 0 Å². The largest absolute Gasteiger partial charge is 0.497 e. The molecule has 11 nitrogen and oxygen atoms in total. The molecule has 0 saturated heterocycles. The molecule has 0 bridgehead atoms. The van der Waals surface area contributed by atoms with E-state index in [0.29, 0.717) is 75.5 Å². The van der Waals surface area contributed by atoms with Gasteiger partial charge in [0, 0.05) is 31.2 Å². The van der Waals surface area contributed by atoms with E-state index in [1.54, 1.807) is 19.2 Å². The topological polar surface area (TPSA) is 132 Å². The second kappa shape index (κ2) is 17.0. The van der Waals surface area contributed by atoms with Crippen LogP contribution in [0.25, 0.3) is 0 Å². The molecule has 1 aromatic heterocycles. The van der Waals surface area contributed by atoms with E-state index in [1.807, 2.05) is 30.3 Å². The average molecular weight is 564 g/mol. The third kappa shape index (κ3) is 10.8. The number of methoxy groups -OCH3 is 1. The fourth-order valence-corrected chi connectivity index (χ4v) is 4.45. The van der Waals surface area contributed by atoms with Crippen molar-refractivity contribution in [3.8, 4) is 5.75 Å². The fraction of sp³-hybridized carbons (Fsp3) is 0.467.